The van der Waals surface area contributed by atoms with Crippen LogP contribution < -0.4 is 4.90 Å². The Morgan fingerprint density at radius 1 is 1.28 bits per heavy atom. The molecule has 0 radical (unpaired) electrons. The van der Waals surface area contributed by atoms with E-state index in [4.69, 9.17) is 0 Å². The van der Waals surface area contributed by atoms with Gasteiger partial charge in [0.2, 0.25) is 5.95 Å². The van der Waals surface area contributed by atoms with Crippen molar-refractivity contribution >= 4 is 11.9 Å². The van der Waals surface area contributed by atoms with Crippen molar-refractivity contribution in [3.05, 3.63) is 18.5 Å². The minimum absolute atomic E-state index is 0.308. The van der Waals surface area contributed by atoms with E-state index < -0.39 is 12.0 Å². The summed E-state index contributed by atoms with van der Waals surface area (Å²) in [4.78, 5) is 21.8. The monoisotopic (exact) mass is 247 g/mol. The van der Waals surface area contributed by atoms with Crippen LogP contribution in [0.2, 0.25) is 0 Å². The molecule has 3 atom stereocenters. The minimum Gasteiger partial charge on any atom is -0.480 e. The van der Waals surface area contributed by atoms with Crippen LogP contribution in [0.1, 0.15) is 32.1 Å². The second-order valence-electron chi connectivity index (χ2n) is 5.16. The van der Waals surface area contributed by atoms with Crippen molar-refractivity contribution in [1.29, 1.82) is 0 Å². The van der Waals surface area contributed by atoms with Crippen LogP contribution in [-0.2, 0) is 4.79 Å². The third kappa shape index (κ3) is 1.83. The molecular formula is C13H17N3O2. The Hall–Kier alpha value is -1.65. The van der Waals surface area contributed by atoms with Gasteiger partial charge in [0.15, 0.2) is 0 Å². The first-order valence-corrected chi connectivity index (χ1v) is 6.55. The van der Waals surface area contributed by atoms with E-state index in [9.17, 15) is 9.90 Å². The standard InChI is InChI=1S/C13H17N3O2/c17-12(18)11-8-9-4-1-2-5-10(9)16(11)13-14-6-3-7-15-13/h3,6-7,9-11H,1-2,4-5,8H2,(H,17,18)/t9-,10-,11-/m1/s1. The highest BCUT2D eigenvalue weighted by Gasteiger charge is 2.46. The lowest BCUT2D eigenvalue weighted by Crippen LogP contribution is -2.43. The highest BCUT2D eigenvalue weighted by atomic mass is 16.4. The molecule has 1 aromatic rings. The van der Waals surface area contributed by atoms with Crippen molar-refractivity contribution in [2.75, 3.05) is 4.90 Å². The van der Waals surface area contributed by atoms with E-state index in [0.29, 0.717) is 17.9 Å². The summed E-state index contributed by atoms with van der Waals surface area (Å²) in [6, 6.07) is 1.61. The fourth-order valence-electron chi connectivity index (χ4n) is 3.39. The molecule has 1 aromatic heterocycles. The number of nitrogens with zero attached hydrogens (tertiary/aromatic N) is 3. The van der Waals surface area contributed by atoms with Crippen LogP contribution in [0.5, 0.6) is 0 Å². The van der Waals surface area contributed by atoms with Gasteiger partial charge in [0, 0.05) is 18.4 Å². The van der Waals surface area contributed by atoms with Crippen molar-refractivity contribution in [2.45, 2.75) is 44.2 Å². The molecule has 0 amide bonds. The topological polar surface area (TPSA) is 66.3 Å². The molecule has 1 aliphatic carbocycles. The second kappa shape index (κ2) is 4.55. The second-order valence-corrected chi connectivity index (χ2v) is 5.16. The van der Waals surface area contributed by atoms with E-state index in [1.54, 1.807) is 18.5 Å². The molecule has 0 bridgehead atoms. The largest absolute Gasteiger partial charge is 0.480 e. The first-order valence-electron chi connectivity index (χ1n) is 6.55. The molecule has 0 unspecified atom stereocenters. The maximum absolute atomic E-state index is 11.4. The van der Waals surface area contributed by atoms with Crippen molar-refractivity contribution in [3.8, 4) is 0 Å². The molecule has 2 aliphatic rings. The van der Waals surface area contributed by atoms with Crippen molar-refractivity contribution in [3.63, 3.8) is 0 Å². The molecule has 0 spiro atoms. The highest BCUT2D eigenvalue weighted by Crippen LogP contribution is 2.41. The number of anilines is 1. The SMILES string of the molecule is O=C(O)[C@H]1C[C@H]2CCCC[C@H]2N1c1ncccn1. The molecule has 18 heavy (non-hydrogen) atoms. The number of fused-ring (bicyclic) bond motifs is 1. The van der Waals surface area contributed by atoms with Gasteiger partial charge in [-0.3, -0.25) is 0 Å². The Morgan fingerprint density at radius 2 is 2.00 bits per heavy atom. The highest BCUT2D eigenvalue weighted by molar-refractivity contribution is 5.78. The number of carboxylic acid groups (broad SMARTS) is 1. The normalized spacial score (nSPS) is 31.1. The summed E-state index contributed by atoms with van der Waals surface area (Å²) in [5.74, 6) is 0.305. The van der Waals surface area contributed by atoms with Gasteiger partial charge in [-0.2, -0.15) is 0 Å². The van der Waals surface area contributed by atoms with Gasteiger partial charge in [-0.1, -0.05) is 12.8 Å². The molecule has 2 fully saturated rings. The number of aromatic nitrogens is 2. The smallest absolute Gasteiger partial charge is 0.326 e. The van der Waals surface area contributed by atoms with E-state index in [2.05, 4.69) is 9.97 Å². The van der Waals surface area contributed by atoms with Crippen LogP contribution >= 0.6 is 0 Å². The Bertz CT molecular complexity index is 437. The van der Waals surface area contributed by atoms with Gasteiger partial charge in [0.1, 0.15) is 6.04 Å². The van der Waals surface area contributed by atoms with E-state index in [-0.39, 0.29) is 0 Å². The van der Waals surface area contributed by atoms with E-state index in [0.717, 1.165) is 19.3 Å². The summed E-state index contributed by atoms with van der Waals surface area (Å²) in [5.41, 5.74) is 0. The van der Waals surface area contributed by atoms with E-state index in [1.807, 2.05) is 4.90 Å². The Morgan fingerprint density at radius 3 is 2.72 bits per heavy atom. The lowest BCUT2D eigenvalue weighted by atomic mass is 9.85. The van der Waals surface area contributed by atoms with Crippen LogP contribution in [0.15, 0.2) is 18.5 Å². The average Bonchev–Trinajstić information content (AvgIpc) is 2.79. The summed E-state index contributed by atoms with van der Waals surface area (Å²) in [5, 5.41) is 9.39. The molecule has 2 heterocycles. The maximum Gasteiger partial charge on any atom is 0.326 e. The van der Waals surface area contributed by atoms with Gasteiger partial charge in [0.05, 0.1) is 0 Å². The molecule has 1 saturated carbocycles. The van der Waals surface area contributed by atoms with Crippen LogP contribution in [-0.4, -0.2) is 33.1 Å². The van der Waals surface area contributed by atoms with Gasteiger partial charge >= 0.3 is 5.97 Å². The van der Waals surface area contributed by atoms with Crippen LogP contribution in [0.3, 0.4) is 0 Å². The number of aliphatic carboxylic acids is 1. The third-order valence-electron chi connectivity index (χ3n) is 4.16. The summed E-state index contributed by atoms with van der Waals surface area (Å²) < 4.78 is 0. The van der Waals surface area contributed by atoms with Crippen LogP contribution in [0.4, 0.5) is 5.95 Å². The summed E-state index contributed by atoms with van der Waals surface area (Å²) in [6.45, 7) is 0. The van der Waals surface area contributed by atoms with Gasteiger partial charge in [-0.15, -0.1) is 0 Å². The molecule has 1 N–H and O–H groups in total. The minimum atomic E-state index is -0.753. The summed E-state index contributed by atoms with van der Waals surface area (Å²) in [6.07, 6.45) is 8.69. The number of hydrogen-bond acceptors (Lipinski definition) is 4. The molecule has 3 rings (SSSR count). The first kappa shape index (κ1) is 11.4. The van der Waals surface area contributed by atoms with Crippen LogP contribution in [0.25, 0.3) is 0 Å². The van der Waals surface area contributed by atoms with Crippen LogP contribution in [0, 0.1) is 5.92 Å². The molecule has 1 saturated heterocycles. The average molecular weight is 247 g/mol. The molecule has 1 aliphatic heterocycles. The number of carboxylic acids is 1. The Kier molecular flexibility index (Phi) is 2.89. The molecule has 5 nitrogen and oxygen atoms in total. The van der Waals surface area contributed by atoms with Gasteiger partial charge in [-0.25, -0.2) is 14.8 Å². The lowest BCUT2D eigenvalue weighted by molar-refractivity contribution is -0.138. The predicted octanol–water partition coefficient (Wildman–Crippen LogP) is 1.70. The zero-order valence-corrected chi connectivity index (χ0v) is 10.2. The molecular weight excluding hydrogens is 230 g/mol. The third-order valence-corrected chi connectivity index (χ3v) is 4.16. The zero-order chi connectivity index (χ0) is 12.5. The van der Waals surface area contributed by atoms with Gasteiger partial charge < -0.3 is 10.0 Å². The quantitative estimate of drug-likeness (QED) is 0.861. The number of carbonyl (C=O) groups is 1. The van der Waals surface area contributed by atoms with E-state index >= 15 is 0 Å². The Labute approximate surface area is 106 Å². The Balaban J connectivity index is 1.94. The van der Waals surface area contributed by atoms with Crippen molar-refractivity contribution in [1.82, 2.24) is 9.97 Å². The summed E-state index contributed by atoms with van der Waals surface area (Å²) in [7, 11) is 0. The molecule has 96 valence electrons. The first-order chi connectivity index (χ1) is 8.77. The summed E-state index contributed by atoms with van der Waals surface area (Å²) >= 11 is 0. The lowest BCUT2D eigenvalue weighted by Gasteiger charge is -2.32. The van der Waals surface area contributed by atoms with Gasteiger partial charge in [-0.05, 0) is 31.2 Å². The van der Waals surface area contributed by atoms with Crippen molar-refractivity contribution < 1.29 is 9.90 Å². The maximum atomic E-state index is 11.4. The fourth-order valence-corrected chi connectivity index (χ4v) is 3.39. The number of rotatable bonds is 2. The predicted molar refractivity (Wildman–Crippen MR) is 66.3 cm³/mol. The van der Waals surface area contributed by atoms with Crippen molar-refractivity contribution in [2.24, 2.45) is 5.92 Å². The molecule has 5 heteroatoms. The van der Waals surface area contributed by atoms with E-state index in [1.165, 1.54) is 12.8 Å². The number of hydrogen-bond donors (Lipinski definition) is 1. The zero-order valence-electron chi connectivity index (χ0n) is 10.2. The fraction of sp³-hybridized carbons (Fsp3) is 0.615. The van der Waals surface area contributed by atoms with Gasteiger partial charge in [0.25, 0.3) is 0 Å². The molecule has 0 aromatic carbocycles.